The number of unbranched alkanes of at least 4 members (excludes halogenated alkanes) is 2. The number of aliphatic hydroxyl groups excluding tert-OH is 1. The van der Waals surface area contributed by atoms with E-state index in [9.17, 15) is 14.7 Å². The fourth-order valence-corrected chi connectivity index (χ4v) is 6.53. The molecular weight excluding hydrogens is 596 g/mol. The Kier molecular flexibility index (Phi) is 12.9. The molecule has 4 atom stereocenters. The second kappa shape index (κ2) is 17.5. The lowest BCUT2D eigenvalue weighted by molar-refractivity contribution is -0.253. The monoisotopic (exact) mass is 644 g/mol. The Morgan fingerprint density at radius 2 is 1.68 bits per heavy atom. The molecule has 2 aliphatic rings. The summed E-state index contributed by atoms with van der Waals surface area (Å²) in [5.74, 6) is -0.824. The number of benzene rings is 3. The summed E-state index contributed by atoms with van der Waals surface area (Å²) in [6.45, 7) is 3.04. The molecule has 1 amide bonds. The summed E-state index contributed by atoms with van der Waals surface area (Å²) in [5.41, 5.74) is 6.03. The average molecular weight is 645 g/mol. The molecule has 9 nitrogen and oxygen atoms in total. The lowest BCUT2D eigenvalue weighted by Gasteiger charge is -2.38. The van der Waals surface area contributed by atoms with E-state index >= 15 is 0 Å². The van der Waals surface area contributed by atoms with Crippen LogP contribution in [0.2, 0.25) is 0 Å². The van der Waals surface area contributed by atoms with Crippen LogP contribution in [0.5, 0.6) is 0 Å². The van der Waals surface area contributed by atoms with E-state index < -0.39 is 12.3 Å². The Labute approximate surface area is 277 Å². The quantitative estimate of drug-likeness (QED) is 0.159. The van der Waals surface area contributed by atoms with Crippen molar-refractivity contribution in [2.45, 2.75) is 89.1 Å². The maximum absolute atomic E-state index is 12.3. The Morgan fingerprint density at radius 3 is 2.43 bits per heavy atom. The van der Waals surface area contributed by atoms with Crippen LogP contribution in [0, 0.1) is 0 Å². The molecule has 0 aromatic heterocycles. The molecule has 0 aliphatic carbocycles. The molecule has 0 spiro atoms. The minimum absolute atomic E-state index is 0.00923. The van der Waals surface area contributed by atoms with E-state index in [1.807, 2.05) is 36.4 Å². The van der Waals surface area contributed by atoms with Gasteiger partial charge < -0.3 is 29.7 Å². The smallest absolute Gasteiger partial charge is 0.303 e. The summed E-state index contributed by atoms with van der Waals surface area (Å²) in [6.07, 6.45) is 4.94. The van der Waals surface area contributed by atoms with Crippen LogP contribution < -0.4 is 5.32 Å². The zero-order valence-corrected chi connectivity index (χ0v) is 27.3. The van der Waals surface area contributed by atoms with Crippen molar-refractivity contribution in [3.8, 4) is 11.1 Å². The summed E-state index contributed by atoms with van der Waals surface area (Å²) >= 11 is 0. The number of carboxylic acid groups (broad SMARTS) is 1. The highest BCUT2D eigenvalue weighted by atomic mass is 16.7. The molecule has 9 heteroatoms. The van der Waals surface area contributed by atoms with E-state index in [0.717, 1.165) is 78.8 Å². The number of hydrogen-bond acceptors (Lipinski definition) is 7. The van der Waals surface area contributed by atoms with Gasteiger partial charge in [-0.25, -0.2) is 0 Å². The number of ether oxygens (including phenoxy) is 3. The third kappa shape index (κ3) is 10.2. The number of aliphatic carboxylic acids is 1. The van der Waals surface area contributed by atoms with E-state index in [1.165, 1.54) is 0 Å². The average Bonchev–Trinajstić information content (AvgIpc) is 3.53. The van der Waals surface area contributed by atoms with Gasteiger partial charge >= 0.3 is 5.97 Å². The van der Waals surface area contributed by atoms with Gasteiger partial charge in [-0.15, -0.1) is 0 Å². The van der Waals surface area contributed by atoms with Crippen molar-refractivity contribution in [3.63, 3.8) is 0 Å². The molecule has 2 aliphatic heterocycles. The maximum atomic E-state index is 12.3. The van der Waals surface area contributed by atoms with Crippen LogP contribution in [-0.4, -0.2) is 65.9 Å². The highest BCUT2D eigenvalue weighted by Gasteiger charge is 2.35. The first kappa shape index (κ1) is 34.7. The van der Waals surface area contributed by atoms with Crippen LogP contribution in [0.1, 0.15) is 86.0 Å². The second-order valence-corrected chi connectivity index (χ2v) is 12.6. The van der Waals surface area contributed by atoms with Gasteiger partial charge in [0.15, 0.2) is 6.29 Å². The molecule has 252 valence electrons. The topological polar surface area (TPSA) is 118 Å². The van der Waals surface area contributed by atoms with Crippen LogP contribution in [0.15, 0.2) is 72.8 Å². The number of carbonyl (C=O) groups is 2. The third-order valence-corrected chi connectivity index (χ3v) is 9.14. The standard InChI is InChI=1S/C38H48N2O7/c1-45-26-33-9-6-20-40(33)24-34-22-35(30-14-12-27(25-41)13-15-30)47-38(46-34)31-18-16-29(17-19-31)32-8-5-7-28(21-32)23-39-36(42)10-3-2-4-11-37(43)44/h5,7-8,12-19,21,33-35,38,41H,2-4,6,9-11,20,22-26H2,1H3,(H,39,42)(H,43,44)/t33-,34+,35-,38-/m0/s1. The predicted molar refractivity (Wildman–Crippen MR) is 179 cm³/mol. The van der Waals surface area contributed by atoms with Gasteiger partial charge in [0.2, 0.25) is 5.91 Å². The van der Waals surface area contributed by atoms with Crippen molar-refractivity contribution in [2.75, 3.05) is 26.8 Å². The van der Waals surface area contributed by atoms with Gasteiger partial charge in [-0.05, 0) is 66.1 Å². The Balaban J connectivity index is 1.23. The number of methoxy groups -OCH3 is 1. The van der Waals surface area contributed by atoms with Crippen molar-refractivity contribution in [1.29, 1.82) is 0 Å². The largest absolute Gasteiger partial charge is 0.481 e. The van der Waals surface area contributed by atoms with Crippen molar-refractivity contribution in [1.82, 2.24) is 10.2 Å². The summed E-state index contributed by atoms with van der Waals surface area (Å²) in [6, 6.07) is 24.8. The molecule has 0 saturated carbocycles. The van der Waals surface area contributed by atoms with Gasteiger partial charge in [-0.1, -0.05) is 73.2 Å². The number of likely N-dealkylation sites (tertiary alicyclic amines) is 1. The van der Waals surface area contributed by atoms with Crippen molar-refractivity contribution in [2.24, 2.45) is 0 Å². The molecule has 0 radical (unpaired) electrons. The first-order chi connectivity index (χ1) is 22.9. The first-order valence-corrected chi connectivity index (χ1v) is 16.8. The fourth-order valence-electron chi connectivity index (χ4n) is 6.53. The molecule has 3 aromatic carbocycles. The summed E-state index contributed by atoms with van der Waals surface area (Å²) in [5, 5.41) is 21.3. The van der Waals surface area contributed by atoms with Crippen molar-refractivity contribution < 1.29 is 34.0 Å². The van der Waals surface area contributed by atoms with Crippen molar-refractivity contribution in [3.05, 3.63) is 95.1 Å². The van der Waals surface area contributed by atoms with Gasteiger partial charge in [0.05, 0.1) is 25.4 Å². The molecule has 2 saturated heterocycles. The molecule has 0 bridgehead atoms. The van der Waals surface area contributed by atoms with E-state index in [1.54, 1.807) is 7.11 Å². The normalized spacial score (nSPS) is 21.5. The minimum atomic E-state index is -0.798. The number of aliphatic hydroxyl groups is 1. The number of hydrogen-bond donors (Lipinski definition) is 3. The summed E-state index contributed by atoms with van der Waals surface area (Å²) in [7, 11) is 1.76. The van der Waals surface area contributed by atoms with E-state index in [2.05, 4.69) is 46.6 Å². The molecule has 3 aromatic rings. The molecule has 47 heavy (non-hydrogen) atoms. The van der Waals surface area contributed by atoms with Gasteiger partial charge in [0.25, 0.3) is 0 Å². The minimum Gasteiger partial charge on any atom is -0.481 e. The number of amides is 1. The predicted octanol–water partition coefficient (Wildman–Crippen LogP) is 6.15. The number of nitrogens with one attached hydrogen (secondary N) is 1. The molecule has 5 rings (SSSR count). The Bertz CT molecular complexity index is 1430. The Morgan fingerprint density at radius 1 is 0.915 bits per heavy atom. The van der Waals surface area contributed by atoms with Crippen molar-refractivity contribution >= 4 is 11.9 Å². The summed E-state index contributed by atoms with van der Waals surface area (Å²) in [4.78, 5) is 25.4. The number of rotatable bonds is 16. The zero-order chi connectivity index (χ0) is 33.0. The molecular formula is C38H48N2O7. The van der Waals surface area contributed by atoms with Gasteiger partial charge in [-0.3, -0.25) is 14.5 Å². The van der Waals surface area contributed by atoms with Crippen LogP contribution >= 0.6 is 0 Å². The van der Waals surface area contributed by atoms with E-state index in [0.29, 0.717) is 31.8 Å². The maximum Gasteiger partial charge on any atom is 0.303 e. The van der Waals surface area contributed by atoms with Gasteiger partial charge in [0, 0.05) is 51.1 Å². The van der Waals surface area contributed by atoms with Gasteiger partial charge in [-0.2, -0.15) is 0 Å². The molecule has 2 heterocycles. The van der Waals surface area contributed by atoms with Crippen LogP contribution in [0.25, 0.3) is 11.1 Å². The van der Waals surface area contributed by atoms with Gasteiger partial charge in [0.1, 0.15) is 0 Å². The highest BCUT2D eigenvalue weighted by molar-refractivity contribution is 5.76. The highest BCUT2D eigenvalue weighted by Crippen LogP contribution is 2.39. The zero-order valence-electron chi connectivity index (χ0n) is 27.3. The molecule has 3 N–H and O–H groups in total. The lowest BCUT2D eigenvalue weighted by atomic mass is 9.98. The number of nitrogens with zero attached hydrogens (tertiary/aromatic N) is 1. The fraction of sp³-hybridized carbons (Fsp3) is 0.474. The number of carboxylic acids is 1. The summed E-state index contributed by atoms with van der Waals surface area (Å²) < 4.78 is 18.7. The van der Waals surface area contributed by atoms with Crippen LogP contribution in [0.3, 0.4) is 0 Å². The molecule has 0 unspecified atom stereocenters. The third-order valence-electron chi connectivity index (χ3n) is 9.14. The van der Waals surface area contributed by atoms with E-state index in [-0.39, 0.29) is 31.1 Å². The number of carbonyl (C=O) groups excluding carboxylic acids is 1. The Hall–Kier alpha value is -3.60. The molecule has 2 fully saturated rings. The lowest BCUT2D eigenvalue weighted by Crippen LogP contribution is -2.42. The SMILES string of the molecule is COC[C@@H]1CCCN1C[C@H]1C[C@@H](c2ccc(CO)cc2)O[C@@H](c2ccc(-c3cccc(CNC(=O)CCCCCC(=O)O)c3)cc2)O1. The van der Waals surface area contributed by atoms with E-state index in [4.69, 9.17) is 19.3 Å². The first-order valence-electron chi connectivity index (χ1n) is 16.8. The second-order valence-electron chi connectivity index (χ2n) is 12.6. The van der Waals surface area contributed by atoms with Crippen LogP contribution in [0.4, 0.5) is 0 Å². The van der Waals surface area contributed by atoms with Crippen LogP contribution in [-0.2, 0) is 37.0 Å².